The smallest absolute Gasteiger partial charge is 0.232 e. The average molecular weight is 474 g/mol. The number of aromatic nitrogens is 4. The Morgan fingerprint density at radius 1 is 1.19 bits per heavy atom. The van der Waals surface area contributed by atoms with Gasteiger partial charge in [-0.25, -0.2) is 0 Å². The molecule has 0 amide bonds. The minimum absolute atomic E-state index is 0.0724. The normalized spacial score (nSPS) is 13.8. The van der Waals surface area contributed by atoms with Crippen molar-refractivity contribution in [1.29, 1.82) is 0 Å². The SMILES string of the molecule is COCCn1c(C)cc(C(=O)CSc2nnc(N3CCCC3)n2-c2ccccc2Cl)c1C. The van der Waals surface area contributed by atoms with Gasteiger partial charge in [0.25, 0.3) is 0 Å². The van der Waals surface area contributed by atoms with Crippen molar-refractivity contribution in [1.82, 2.24) is 19.3 Å². The Bertz CT molecular complexity index is 1100. The molecule has 1 aromatic carbocycles. The molecule has 9 heteroatoms. The molecule has 0 bridgehead atoms. The van der Waals surface area contributed by atoms with Gasteiger partial charge in [-0.2, -0.15) is 0 Å². The molecule has 1 saturated heterocycles. The summed E-state index contributed by atoms with van der Waals surface area (Å²) in [7, 11) is 1.68. The number of hydrogen-bond acceptors (Lipinski definition) is 6. The van der Waals surface area contributed by atoms with Crippen molar-refractivity contribution in [3.8, 4) is 5.69 Å². The average Bonchev–Trinajstić information content (AvgIpc) is 3.51. The lowest BCUT2D eigenvalue weighted by Gasteiger charge is -2.19. The quantitative estimate of drug-likeness (QED) is 0.335. The van der Waals surface area contributed by atoms with Gasteiger partial charge in [0.05, 0.1) is 23.1 Å². The van der Waals surface area contributed by atoms with Gasteiger partial charge >= 0.3 is 0 Å². The number of para-hydroxylation sites is 1. The van der Waals surface area contributed by atoms with Crippen molar-refractivity contribution in [3.63, 3.8) is 0 Å². The van der Waals surface area contributed by atoms with Crippen LogP contribution in [-0.2, 0) is 11.3 Å². The summed E-state index contributed by atoms with van der Waals surface area (Å²) in [5.74, 6) is 1.13. The first-order valence-electron chi connectivity index (χ1n) is 10.8. The molecule has 0 radical (unpaired) electrons. The predicted octanol–water partition coefficient (Wildman–Crippen LogP) is 4.56. The number of aryl methyl sites for hydroxylation is 1. The Morgan fingerprint density at radius 2 is 1.94 bits per heavy atom. The highest BCUT2D eigenvalue weighted by atomic mass is 35.5. The van der Waals surface area contributed by atoms with Crippen LogP contribution < -0.4 is 4.90 Å². The van der Waals surface area contributed by atoms with Crippen LogP contribution in [0.25, 0.3) is 5.69 Å². The number of halogens is 1. The third-order valence-electron chi connectivity index (χ3n) is 5.82. The molecule has 1 aliphatic heterocycles. The van der Waals surface area contributed by atoms with Gasteiger partial charge in [-0.05, 0) is 44.9 Å². The fourth-order valence-electron chi connectivity index (χ4n) is 4.14. The molecule has 4 rings (SSSR count). The summed E-state index contributed by atoms with van der Waals surface area (Å²) in [6.45, 7) is 7.23. The monoisotopic (exact) mass is 473 g/mol. The Hall–Kier alpha value is -2.29. The topological polar surface area (TPSA) is 65.2 Å². The van der Waals surface area contributed by atoms with Gasteiger partial charge in [0.15, 0.2) is 10.9 Å². The van der Waals surface area contributed by atoms with Crippen LogP contribution in [0, 0.1) is 13.8 Å². The maximum absolute atomic E-state index is 13.1. The second kappa shape index (κ2) is 10.1. The summed E-state index contributed by atoms with van der Waals surface area (Å²) in [6.07, 6.45) is 2.27. The first kappa shape index (κ1) is 22.9. The van der Waals surface area contributed by atoms with E-state index >= 15 is 0 Å². The van der Waals surface area contributed by atoms with E-state index in [2.05, 4.69) is 19.7 Å². The number of ketones is 1. The molecule has 0 saturated carbocycles. The minimum atomic E-state index is 0.0724. The summed E-state index contributed by atoms with van der Waals surface area (Å²) in [6, 6.07) is 9.63. The molecule has 0 spiro atoms. The van der Waals surface area contributed by atoms with Crippen molar-refractivity contribution < 1.29 is 9.53 Å². The Kier molecular flexibility index (Phi) is 7.23. The van der Waals surface area contributed by atoms with E-state index in [0.29, 0.717) is 16.8 Å². The number of anilines is 1. The van der Waals surface area contributed by atoms with Gasteiger partial charge in [-0.1, -0.05) is 35.5 Å². The standard InChI is InChI=1S/C23H28ClN5O2S/c1-16-14-18(17(2)28(16)12-13-31-3)21(30)15-32-23-26-25-22(27-10-6-7-11-27)29(23)20-9-5-4-8-19(20)24/h4-5,8-9,14H,6-7,10-13,15H2,1-3H3. The van der Waals surface area contributed by atoms with Crippen molar-refractivity contribution in [2.45, 2.75) is 38.4 Å². The van der Waals surface area contributed by atoms with E-state index in [0.717, 1.165) is 61.1 Å². The van der Waals surface area contributed by atoms with E-state index < -0.39 is 0 Å². The van der Waals surface area contributed by atoms with Crippen LogP contribution in [0.3, 0.4) is 0 Å². The number of hydrogen-bond donors (Lipinski definition) is 0. The molecule has 2 aromatic heterocycles. The summed E-state index contributed by atoms with van der Waals surface area (Å²) in [4.78, 5) is 15.3. The molecule has 0 aliphatic carbocycles. The molecule has 0 unspecified atom stereocenters. The number of rotatable bonds is 9. The van der Waals surface area contributed by atoms with Crippen LogP contribution in [0.4, 0.5) is 5.95 Å². The van der Waals surface area contributed by atoms with E-state index in [1.165, 1.54) is 11.8 Å². The molecule has 32 heavy (non-hydrogen) atoms. The van der Waals surface area contributed by atoms with E-state index in [1.54, 1.807) is 7.11 Å². The van der Waals surface area contributed by atoms with Gasteiger partial charge in [-0.15, -0.1) is 10.2 Å². The van der Waals surface area contributed by atoms with Crippen LogP contribution >= 0.6 is 23.4 Å². The minimum Gasteiger partial charge on any atom is -0.383 e. The number of nitrogens with zero attached hydrogens (tertiary/aromatic N) is 5. The van der Waals surface area contributed by atoms with E-state index in [4.69, 9.17) is 16.3 Å². The predicted molar refractivity (Wildman–Crippen MR) is 129 cm³/mol. The Balaban J connectivity index is 1.59. The zero-order valence-corrected chi connectivity index (χ0v) is 20.2. The Morgan fingerprint density at radius 3 is 2.66 bits per heavy atom. The van der Waals surface area contributed by atoms with Crippen LogP contribution in [0.2, 0.25) is 5.02 Å². The zero-order valence-electron chi connectivity index (χ0n) is 18.7. The van der Waals surface area contributed by atoms with Crippen LogP contribution in [-0.4, -0.2) is 57.7 Å². The summed E-state index contributed by atoms with van der Waals surface area (Å²) < 4.78 is 9.30. The molecule has 1 aliphatic rings. The molecule has 3 aromatic rings. The van der Waals surface area contributed by atoms with Crippen molar-refractivity contribution >= 4 is 35.1 Å². The number of carbonyl (C=O) groups is 1. The van der Waals surface area contributed by atoms with E-state index in [-0.39, 0.29) is 11.5 Å². The molecule has 0 N–H and O–H groups in total. The molecular formula is C23H28ClN5O2S. The molecule has 1 fully saturated rings. The van der Waals surface area contributed by atoms with Gasteiger partial charge in [0, 0.05) is 43.7 Å². The van der Waals surface area contributed by atoms with E-state index in [1.807, 2.05) is 48.7 Å². The lowest BCUT2D eigenvalue weighted by molar-refractivity contribution is 0.102. The highest BCUT2D eigenvalue weighted by molar-refractivity contribution is 7.99. The highest BCUT2D eigenvalue weighted by Crippen LogP contribution is 2.32. The van der Waals surface area contributed by atoms with Gasteiger partial charge in [0.2, 0.25) is 5.95 Å². The second-order valence-electron chi connectivity index (χ2n) is 7.90. The maximum atomic E-state index is 13.1. The number of thioether (sulfide) groups is 1. The second-order valence-corrected chi connectivity index (χ2v) is 9.25. The Labute approximate surface area is 197 Å². The molecule has 3 heterocycles. The number of methoxy groups -OCH3 is 1. The van der Waals surface area contributed by atoms with Gasteiger partial charge in [0.1, 0.15) is 0 Å². The lowest BCUT2D eigenvalue weighted by atomic mass is 10.2. The molecule has 170 valence electrons. The summed E-state index contributed by atoms with van der Waals surface area (Å²) >= 11 is 7.92. The third kappa shape index (κ3) is 4.58. The maximum Gasteiger partial charge on any atom is 0.232 e. The van der Waals surface area contributed by atoms with E-state index in [9.17, 15) is 4.79 Å². The summed E-state index contributed by atoms with van der Waals surface area (Å²) in [5.41, 5.74) is 3.60. The van der Waals surface area contributed by atoms with Crippen LogP contribution in [0.1, 0.15) is 34.6 Å². The molecular weight excluding hydrogens is 446 g/mol. The van der Waals surface area contributed by atoms with Crippen LogP contribution in [0.15, 0.2) is 35.5 Å². The first-order valence-corrected chi connectivity index (χ1v) is 12.1. The van der Waals surface area contributed by atoms with Crippen LogP contribution in [0.5, 0.6) is 0 Å². The van der Waals surface area contributed by atoms with Crippen molar-refractivity contribution in [2.75, 3.05) is 37.5 Å². The fraction of sp³-hybridized carbons (Fsp3) is 0.435. The van der Waals surface area contributed by atoms with Crippen molar-refractivity contribution in [3.05, 3.63) is 52.3 Å². The van der Waals surface area contributed by atoms with Crippen molar-refractivity contribution in [2.24, 2.45) is 0 Å². The highest BCUT2D eigenvalue weighted by Gasteiger charge is 2.24. The van der Waals surface area contributed by atoms with Gasteiger partial charge < -0.3 is 14.2 Å². The number of Topliss-reactive ketones (excluding diaryl/α,β-unsaturated/α-hetero) is 1. The lowest BCUT2D eigenvalue weighted by Crippen LogP contribution is -2.22. The fourth-order valence-corrected chi connectivity index (χ4v) is 5.18. The first-order chi connectivity index (χ1) is 15.5. The number of carbonyl (C=O) groups excluding carboxylic acids is 1. The molecule has 7 nitrogen and oxygen atoms in total. The van der Waals surface area contributed by atoms with Gasteiger partial charge in [-0.3, -0.25) is 9.36 Å². The third-order valence-corrected chi connectivity index (χ3v) is 7.07. The zero-order chi connectivity index (χ0) is 22.7. The number of benzene rings is 1. The summed E-state index contributed by atoms with van der Waals surface area (Å²) in [5, 5.41) is 10.2. The number of ether oxygens (including phenoxy) is 1. The largest absolute Gasteiger partial charge is 0.383 e. The molecule has 0 atom stereocenters.